The lowest BCUT2D eigenvalue weighted by Gasteiger charge is -2.28. The molecule has 2 aliphatic rings. The number of methoxy groups -OCH3 is 1. The first kappa shape index (κ1) is 10.1. The molecule has 4 N–H and O–H groups in total. The molecule has 15 heavy (non-hydrogen) atoms. The van der Waals surface area contributed by atoms with E-state index in [0.717, 1.165) is 22.6 Å². The van der Waals surface area contributed by atoms with Gasteiger partial charge < -0.3 is 10.5 Å². The van der Waals surface area contributed by atoms with Crippen molar-refractivity contribution in [3.05, 3.63) is 34.7 Å². The number of aliphatic imine (C=N–C) groups is 1. The Labute approximate surface area is 89.0 Å². The molecule has 1 heterocycles. The van der Waals surface area contributed by atoms with E-state index in [1.807, 2.05) is 19.9 Å². The Balaban J connectivity index is 2.56. The van der Waals surface area contributed by atoms with Gasteiger partial charge in [-0.15, -0.1) is 0 Å². The summed E-state index contributed by atoms with van der Waals surface area (Å²) < 4.78 is 5.19. The molecule has 1 unspecified atom stereocenters. The van der Waals surface area contributed by atoms with E-state index in [4.69, 9.17) is 16.2 Å². The Bertz CT molecular complexity index is 443. The summed E-state index contributed by atoms with van der Waals surface area (Å²) in [7, 11) is 1.53. The van der Waals surface area contributed by atoms with Crippen LogP contribution in [-0.2, 0) is 4.74 Å². The number of allylic oxidation sites excluding steroid dienone is 2. The van der Waals surface area contributed by atoms with Crippen LogP contribution in [0, 0.1) is 0 Å². The van der Waals surface area contributed by atoms with E-state index in [1.165, 1.54) is 7.11 Å². The maximum atomic E-state index is 5.96. The molecule has 0 amide bonds. The van der Waals surface area contributed by atoms with E-state index in [0.29, 0.717) is 5.70 Å². The number of nitrogens with zero attached hydrogens (tertiary/aromatic N) is 1. The van der Waals surface area contributed by atoms with Crippen LogP contribution >= 0.6 is 0 Å². The van der Waals surface area contributed by atoms with Crippen LogP contribution in [0.2, 0.25) is 0 Å². The van der Waals surface area contributed by atoms with Crippen molar-refractivity contribution in [3.8, 4) is 0 Å². The predicted molar refractivity (Wildman–Crippen MR) is 60.1 cm³/mol. The van der Waals surface area contributed by atoms with Crippen LogP contribution in [0.1, 0.15) is 13.8 Å². The van der Waals surface area contributed by atoms with Crippen molar-refractivity contribution in [2.45, 2.75) is 19.6 Å². The van der Waals surface area contributed by atoms with Gasteiger partial charge in [0.2, 0.25) is 0 Å². The van der Waals surface area contributed by atoms with Gasteiger partial charge in [-0.25, -0.2) is 0 Å². The molecule has 80 valence electrons. The first-order chi connectivity index (χ1) is 6.98. The summed E-state index contributed by atoms with van der Waals surface area (Å²) in [5.74, 6) is 0. The quantitative estimate of drug-likeness (QED) is 0.622. The predicted octanol–water partition coefficient (Wildman–Crippen LogP) is 0.819. The lowest BCUT2D eigenvalue weighted by Crippen LogP contribution is -2.46. The molecule has 0 spiro atoms. The Morgan fingerprint density at radius 1 is 1.40 bits per heavy atom. The molecule has 4 nitrogen and oxygen atoms in total. The molecule has 0 saturated heterocycles. The lowest BCUT2D eigenvalue weighted by atomic mass is 9.95. The van der Waals surface area contributed by atoms with Crippen molar-refractivity contribution in [2.24, 2.45) is 16.5 Å². The van der Waals surface area contributed by atoms with Crippen LogP contribution in [0.3, 0.4) is 0 Å². The summed E-state index contributed by atoms with van der Waals surface area (Å²) in [6.45, 7) is 3.99. The van der Waals surface area contributed by atoms with E-state index in [1.54, 1.807) is 6.08 Å². The molecule has 1 atom stereocenters. The minimum Gasteiger partial charge on any atom is -0.398 e. The molecular weight excluding hydrogens is 190 g/mol. The molecule has 0 saturated carbocycles. The fraction of sp³-hybridized carbons (Fsp3) is 0.364. The maximum Gasteiger partial charge on any atom is 0.178 e. The second-order valence-electron chi connectivity index (χ2n) is 3.86. The smallest absolute Gasteiger partial charge is 0.178 e. The first-order valence-corrected chi connectivity index (χ1v) is 4.79. The van der Waals surface area contributed by atoms with Crippen LogP contribution in [0.15, 0.2) is 39.7 Å². The van der Waals surface area contributed by atoms with Gasteiger partial charge in [0.1, 0.15) is 0 Å². The van der Waals surface area contributed by atoms with Gasteiger partial charge in [-0.2, -0.15) is 0 Å². The molecule has 4 heteroatoms. The molecule has 0 aromatic rings. The van der Waals surface area contributed by atoms with E-state index in [2.05, 4.69) is 4.99 Å². The summed E-state index contributed by atoms with van der Waals surface area (Å²) >= 11 is 0. The van der Waals surface area contributed by atoms with Gasteiger partial charge in [0, 0.05) is 18.4 Å². The highest BCUT2D eigenvalue weighted by Crippen LogP contribution is 2.34. The van der Waals surface area contributed by atoms with Crippen molar-refractivity contribution < 1.29 is 4.74 Å². The number of ether oxygens (including phenoxy) is 1. The minimum atomic E-state index is -1.02. The standard InChI is InChI=1S/C11H15N3O/c1-6-7(2)14-9-5-11(13,15-3)10(12)4-8(6)9/h4-5H,12-13H2,1-3H3. The number of fused-ring (bicyclic) bond motifs is 1. The third-order valence-electron chi connectivity index (χ3n) is 2.95. The van der Waals surface area contributed by atoms with Crippen molar-refractivity contribution in [1.82, 2.24) is 0 Å². The van der Waals surface area contributed by atoms with E-state index in [9.17, 15) is 0 Å². The van der Waals surface area contributed by atoms with Crippen LogP contribution in [-0.4, -0.2) is 18.5 Å². The third-order valence-corrected chi connectivity index (χ3v) is 2.95. The van der Waals surface area contributed by atoms with Crippen LogP contribution in [0.5, 0.6) is 0 Å². The number of hydrogen-bond acceptors (Lipinski definition) is 4. The average Bonchev–Trinajstić information content (AvgIpc) is 2.45. The van der Waals surface area contributed by atoms with Crippen LogP contribution in [0.25, 0.3) is 0 Å². The van der Waals surface area contributed by atoms with E-state index >= 15 is 0 Å². The molecule has 1 aliphatic carbocycles. The molecule has 0 aromatic carbocycles. The van der Waals surface area contributed by atoms with Crippen molar-refractivity contribution in [3.63, 3.8) is 0 Å². The molecule has 0 radical (unpaired) electrons. The topological polar surface area (TPSA) is 73.6 Å². The normalized spacial score (nSPS) is 29.7. The van der Waals surface area contributed by atoms with E-state index in [-0.39, 0.29) is 0 Å². The SMILES string of the molecule is COC1(N)C=C2N=C(C)C(C)=C2C=C1N. The van der Waals surface area contributed by atoms with E-state index < -0.39 is 5.72 Å². The average molecular weight is 205 g/mol. The Morgan fingerprint density at radius 3 is 2.67 bits per heavy atom. The first-order valence-electron chi connectivity index (χ1n) is 4.79. The van der Waals surface area contributed by atoms with Crippen molar-refractivity contribution in [1.29, 1.82) is 0 Å². The molecule has 2 rings (SSSR count). The third kappa shape index (κ3) is 1.33. The maximum absolute atomic E-state index is 5.96. The van der Waals surface area contributed by atoms with Gasteiger partial charge in [0.25, 0.3) is 0 Å². The molecule has 1 aliphatic heterocycles. The second-order valence-corrected chi connectivity index (χ2v) is 3.86. The largest absolute Gasteiger partial charge is 0.398 e. The number of hydrogen-bond donors (Lipinski definition) is 2. The highest BCUT2D eigenvalue weighted by molar-refractivity contribution is 6.03. The summed E-state index contributed by atoms with van der Waals surface area (Å²) in [5, 5.41) is 0. The summed E-state index contributed by atoms with van der Waals surface area (Å²) in [6, 6.07) is 0. The zero-order valence-electron chi connectivity index (χ0n) is 9.16. The summed E-state index contributed by atoms with van der Waals surface area (Å²) in [6.07, 6.45) is 3.60. The minimum absolute atomic E-state index is 0.507. The van der Waals surface area contributed by atoms with Gasteiger partial charge in [-0.1, -0.05) is 0 Å². The van der Waals surface area contributed by atoms with Gasteiger partial charge in [-0.05, 0) is 31.6 Å². The second kappa shape index (κ2) is 3.05. The fourth-order valence-corrected chi connectivity index (χ4v) is 1.74. The van der Waals surface area contributed by atoms with Crippen molar-refractivity contribution in [2.75, 3.05) is 7.11 Å². The molecular formula is C11H15N3O. The number of rotatable bonds is 1. The highest BCUT2D eigenvalue weighted by atomic mass is 16.5. The highest BCUT2D eigenvalue weighted by Gasteiger charge is 2.33. The zero-order valence-corrected chi connectivity index (χ0v) is 9.16. The van der Waals surface area contributed by atoms with Gasteiger partial charge in [0.05, 0.1) is 11.4 Å². The molecule has 0 fully saturated rings. The molecule has 0 aromatic heterocycles. The van der Waals surface area contributed by atoms with Crippen molar-refractivity contribution >= 4 is 5.71 Å². The molecule has 0 bridgehead atoms. The summed E-state index contributed by atoms with van der Waals surface area (Å²) in [5.41, 5.74) is 15.4. The van der Waals surface area contributed by atoms with Crippen LogP contribution < -0.4 is 11.5 Å². The Kier molecular flexibility index (Phi) is 2.06. The van der Waals surface area contributed by atoms with Crippen LogP contribution in [0.4, 0.5) is 0 Å². The van der Waals surface area contributed by atoms with Gasteiger partial charge >= 0.3 is 0 Å². The monoisotopic (exact) mass is 205 g/mol. The number of nitrogens with two attached hydrogens (primary N) is 2. The van der Waals surface area contributed by atoms with Gasteiger partial charge in [-0.3, -0.25) is 10.7 Å². The summed E-state index contributed by atoms with van der Waals surface area (Å²) in [4.78, 5) is 4.41. The lowest BCUT2D eigenvalue weighted by molar-refractivity contribution is 0.0669. The Hall–Kier alpha value is -1.39. The fourth-order valence-electron chi connectivity index (χ4n) is 1.74. The Morgan fingerprint density at radius 2 is 2.07 bits per heavy atom. The van der Waals surface area contributed by atoms with Gasteiger partial charge in [0.15, 0.2) is 5.72 Å². The zero-order chi connectivity index (χ0) is 11.2.